The number of aromatic amines is 1. The van der Waals surface area contributed by atoms with E-state index in [0.717, 1.165) is 16.6 Å². The number of aryl methyl sites for hydroxylation is 1. The number of aromatic nitrogens is 3. The zero-order valence-electron chi connectivity index (χ0n) is 9.10. The maximum atomic E-state index is 11.4. The van der Waals surface area contributed by atoms with Crippen LogP contribution in [0.25, 0.3) is 22.3 Å². The van der Waals surface area contributed by atoms with Crippen LogP contribution in [0, 0.1) is 0 Å². The van der Waals surface area contributed by atoms with Crippen LogP contribution < -0.4 is 11.4 Å². The van der Waals surface area contributed by atoms with Gasteiger partial charge in [-0.05, 0) is 12.1 Å². The number of H-pyrrole nitrogens is 1. The Hall–Kier alpha value is -2.50. The first-order valence-corrected chi connectivity index (χ1v) is 5.06. The second kappa shape index (κ2) is 3.24. The van der Waals surface area contributed by atoms with E-state index in [-0.39, 0.29) is 11.6 Å². The van der Waals surface area contributed by atoms with Crippen LogP contribution in [0.5, 0.6) is 0 Å². The van der Waals surface area contributed by atoms with Crippen LogP contribution in [0.1, 0.15) is 0 Å². The van der Waals surface area contributed by atoms with Crippen molar-refractivity contribution in [3.63, 3.8) is 0 Å². The molecule has 0 amide bonds. The summed E-state index contributed by atoms with van der Waals surface area (Å²) in [5, 5.41) is 3.82. The van der Waals surface area contributed by atoms with Gasteiger partial charge in [0.05, 0.1) is 11.0 Å². The zero-order chi connectivity index (χ0) is 12.0. The minimum atomic E-state index is -0.142. The number of nitrogen functional groups attached to an aromatic ring is 1. The van der Waals surface area contributed by atoms with E-state index in [1.807, 2.05) is 18.2 Å². The summed E-state index contributed by atoms with van der Waals surface area (Å²) in [6, 6.07) is 7.20. The van der Waals surface area contributed by atoms with Gasteiger partial charge in [-0.2, -0.15) is 0 Å². The molecular formula is C11H10N4O2. The number of rotatable bonds is 1. The number of hydrogen-bond donors (Lipinski definition) is 2. The van der Waals surface area contributed by atoms with Crippen LogP contribution in [0.15, 0.2) is 33.6 Å². The van der Waals surface area contributed by atoms with Crippen LogP contribution in [-0.2, 0) is 7.05 Å². The monoisotopic (exact) mass is 230 g/mol. The Labute approximate surface area is 95.6 Å². The van der Waals surface area contributed by atoms with Crippen molar-refractivity contribution >= 4 is 16.9 Å². The average molecular weight is 230 g/mol. The predicted octanol–water partition coefficient (Wildman–Crippen LogP) is 1.10. The van der Waals surface area contributed by atoms with Gasteiger partial charge < -0.3 is 15.2 Å². The lowest BCUT2D eigenvalue weighted by Crippen LogP contribution is -2.11. The number of nitrogens with two attached hydrogens (primary N) is 1. The maximum Gasteiger partial charge on any atom is 0.326 e. The van der Waals surface area contributed by atoms with E-state index in [1.165, 1.54) is 0 Å². The van der Waals surface area contributed by atoms with Crippen molar-refractivity contribution in [1.29, 1.82) is 0 Å². The van der Waals surface area contributed by atoms with E-state index in [0.29, 0.717) is 5.69 Å². The average Bonchev–Trinajstić information content (AvgIpc) is 2.85. The molecule has 0 aliphatic heterocycles. The molecule has 17 heavy (non-hydrogen) atoms. The molecule has 0 unspecified atom stereocenters. The predicted molar refractivity (Wildman–Crippen MR) is 63.4 cm³/mol. The summed E-state index contributed by atoms with van der Waals surface area (Å²) in [6.07, 6.45) is 0. The fraction of sp³-hybridized carbons (Fsp3) is 0.0909. The van der Waals surface area contributed by atoms with Crippen molar-refractivity contribution in [2.24, 2.45) is 7.05 Å². The van der Waals surface area contributed by atoms with E-state index in [1.54, 1.807) is 17.7 Å². The summed E-state index contributed by atoms with van der Waals surface area (Å²) in [5.74, 6) is 0.265. The molecule has 2 aromatic heterocycles. The van der Waals surface area contributed by atoms with Crippen molar-refractivity contribution in [3.05, 3.63) is 34.7 Å². The minimum absolute atomic E-state index is 0.142. The molecule has 0 radical (unpaired) electrons. The molecule has 0 saturated carbocycles. The third kappa shape index (κ3) is 1.42. The minimum Gasteiger partial charge on any atom is -0.368 e. The first-order chi connectivity index (χ1) is 8.15. The van der Waals surface area contributed by atoms with Crippen molar-refractivity contribution in [1.82, 2.24) is 14.7 Å². The van der Waals surface area contributed by atoms with Gasteiger partial charge in [0.2, 0.25) is 5.88 Å². The van der Waals surface area contributed by atoms with E-state index >= 15 is 0 Å². The molecule has 0 aliphatic rings. The van der Waals surface area contributed by atoms with Gasteiger partial charge in [0.15, 0.2) is 0 Å². The lowest BCUT2D eigenvalue weighted by atomic mass is 10.1. The molecule has 0 bridgehead atoms. The SMILES string of the molecule is Cn1c(=O)[nH]c2cc(-c3cc(N)on3)ccc21. The third-order valence-corrected chi connectivity index (χ3v) is 2.73. The number of nitrogens with zero attached hydrogens (tertiary/aromatic N) is 2. The van der Waals surface area contributed by atoms with Crippen molar-refractivity contribution < 1.29 is 4.52 Å². The fourth-order valence-electron chi connectivity index (χ4n) is 1.82. The quantitative estimate of drug-likeness (QED) is 0.655. The number of imidazole rings is 1. The Balaban J connectivity index is 2.23. The Kier molecular flexibility index (Phi) is 1.85. The Bertz CT molecular complexity index is 750. The topological polar surface area (TPSA) is 89.8 Å². The van der Waals surface area contributed by atoms with Gasteiger partial charge in [-0.1, -0.05) is 11.2 Å². The summed E-state index contributed by atoms with van der Waals surface area (Å²) in [7, 11) is 1.72. The standard InChI is InChI=1S/C11H10N4O2/c1-15-9-3-2-6(4-8(9)13-11(15)16)7-5-10(12)17-14-7/h2-5H,12H2,1H3,(H,13,16). The molecule has 0 atom stereocenters. The van der Waals surface area contributed by atoms with Gasteiger partial charge in [0.25, 0.3) is 0 Å². The number of hydrogen-bond acceptors (Lipinski definition) is 4. The molecule has 3 aromatic rings. The number of nitrogens with one attached hydrogen (secondary N) is 1. The van der Waals surface area contributed by atoms with Gasteiger partial charge in [-0.3, -0.25) is 4.57 Å². The maximum absolute atomic E-state index is 11.4. The second-order valence-electron chi connectivity index (χ2n) is 3.84. The smallest absolute Gasteiger partial charge is 0.326 e. The summed E-state index contributed by atoms with van der Waals surface area (Å²) >= 11 is 0. The molecule has 2 heterocycles. The highest BCUT2D eigenvalue weighted by Crippen LogP contribution is 2.23. The van der Waals surface area contributed by atoms with Crippen LogP contribution >= 0.6 is 0 Å². The van der Waals surface area contributed by atoms with E-state index in [9.17, 15) is 4.79 Å². The van der Waals surface area contributed by atoms with Gasteiger partial charge >= 0.3 is 5.69 Å². The zero-order valence-corrected chi connectivity index (χ0v) is 9.10. The van der Waals surface area contributed by atoms with Gasteiger partial charge in [-0.15, -0.1) is 0 Å². The van der Waals surface area contributed by atoms with Crippen molar-refractivity contribution in [2.75, 3.05) is 5.73 Å². The number of benzene rings is 1. The third-order valence-electron chi connectivity index (χ3n) is 2.73. The highest BCUT2D eigenvalue weighted by Gasteiger charge is 2.08. The van der Waals surface area contributed by atoms with Crippen LogP contribution in [0.2, 0.25) is 0 Å². The van der Waals surface area contributed by atoms with Crippen LogP contribution in [0.3, 0.4) is 0 Å². The van der Waals surface area contributed by atoms with Crippen LogP contribution in [0.4, 0.5) is 5.88 Å². The summed E-state index contributed by atoms with van der Waals surface area (Å²) in [6.45, 7) is 0. The largest absolute Gasteiger partial charge is 0.368 e. The molecule has 6 nitrogen and oxygen atoms in total. The first kappa shape index (κ1) is 9.71. The molecule has 1 aromatic carbocycles. The number of anilines is 1. The first-order valence-electron chi connectivity index (χ1n) is 5.06. The van der Waals surface area contributed by atoms with Gasteiger partial charge in [0, 0.05) is 18.7 Å². The molecular weight excluding hydrogens is 220 g/mol. The van der Waals surface area contributed by atoms with Gasteiger partial charge in [-0.25, -0.2) is 4.79 Å². The lowest BCUT2D eigenvalue weighted by molar-refractivity contribution is 0.439. The Morgan fingerprint density at radius 3 is 2.94 bits per heavy atom. The van der Waals surface area contributed by atoms with E-state index < -0.39 is 0 Å². The van der Waals surface area contributed by atoms with Gasteiger partial charge in [0.1, 0.15) is 5.69 Å². The lowest BCUT2D eigenvalue weighted by Gasteiger charge is -1.96. The highest BCUT2D eigenvalue weighted by molar-refractivity contribution is 5.81. The normalized spacial score (nSPS) is 11.1. The van der Waals surface area contributed by atoms with Crippen molar-refractivity contribution in [2.45, 2.75) is 0 Å². The second-order valence-corrected chi connectivity index (χ2v) is 3.84. The summed E-state index contributed by atoms with van der Waals surface area (Å²) < 4.78 is 6.36. The molecule has 0 spiro atoms. The van der Waals surface area contributed by atoms with E-state index in [2.05, 4.69) is 10.1 Å². The Morgan fingerprint density at radius 1 is 1.41 bits per heavy atom. The molecule has 6 heteroatoms. The Morgan fingerprint density at radius 2 is 2.24 bits per heavy atom. The van der Waals surface area contributed by atoms with Crippen molar-refractivity contribution in [3.8, 4) is 11.3 Å². The van der Waals surface area contributed by atoms with Crippen LogP contribution in [-0.4, -0.2) is 14.7 Å². The number of fused-ring (bicyclic) bond motifs is 1. The van der Waals surface area contributed by atoms with E-state index in [4.69, 9.17) is 10.3 Å². The molecule has 0 aliphatic carbocycles. The summed E-state index contributed by atoms with van der Waals surface area (Å²) in [4.78, 5) is 14.2. The molecule has 0 saturated heterocycles. The molecule has 86 valence electrons. The summed E-state index contributed by atoms with van der Waals surface area (Å²) in [5.41, 5.74) is 8.42. The molecule has 3 rings (SSSR count). The fourth-order valence-corrected chi connectivity index (χ4v) is 1.82. The highest BCUT2D eigenvalue weighted by atomic mass is 16.5. The molecule has 0 fully saturated rings. The molecule has 3 N–H and O–H groups in total.